The van der Waals surface area contributed by atoms with Gasteiger partial charge in [0, 0.05) is 5.41 Å². The van der Waals surface area contributed by atoms with Crippen LogP contribution in [0.4, 0.5) is 0 Å². The van der Waals surface area contributed by atoms with Crippen molar-refractivity contribution in [3.05, 3.63) is 72.9 Å². The molecule has 0 N–H and O–H groups in total. The highest BCUT2D eigenvalue weighted by molar-refractivity contribution is 5.11. The van der Waals surface area contributed by atoms with Crippen LogP contribution in [0, 0.1) is 40.9 Å². The molecule has 37 heavy (non-hydrogen) atoms. The number of allylic oxidation sites excluding steroid dienone is 8. The van der Waals surface area contributed by atoms with E-state index in [0.29, 0.717) is 35.5 Å². The van der Waals surface area contributed by atoms with Gasteiger partial charge in [0.25, 0.3) is 0 Å². The van der Waals surface area contributed by atoms with Crippen molar-refractivity contribution in [2.45, 2.75) is 121 Å². The number of hydrogen-bond acceptors (Lipinski definition) is 0. The first-order valence-electron chi connectivity index (χ1n) is 15.2. The van der Waals surface area contributed by atoms with E-state index in [2.05, 4.69) is 120 Å². The molecular formula is C37H64. The van der Waals surface area contributed by atoms with E-state index >= 15 is 0 Å². The molecule has 212 valence electrons. The van der Waals surface area contributed by atoms with Gasteiger partial charge < -0.3 is 0 Å². The first-order chi connectivity index (χ1) is 17.2. The van der Waals surface area contributed by atoms with Crippen LogP contribution in [-0.4, -0.2) is 0 Å². The highest BCUT2D eigenvalue weighted by Gasteiger charge is 2.20. The van der Waals surface area contributed by atoms with E-state index in [1.807, 2.05) is 0 Å². The van der Waals surface area contributed by atoms with Crippen LogP contribution in [0.3, 0.4) is 0 Å². The Morgan fingerprint density at radius 3 is 1.70 bits per heavy atom. The zero-order chi connectivity index (χ0) is 28.8. The van der Waals surface area contributed by atoms with Crippen molar-refractivity contribution in [2.24, 2.45) is 40.9 Å². The van der Waals surface area contributed by atoms with Gasteiger partial charge in [0.15, 0.2) is 0 Å². The lowest BCUT2D eigenvalue weighted by Gasteiger charge is -2.26. The molecule has 0 fully saturated rings. The third-order valence-electron chi connectivity index (χ3n) is 9.04. The largest absolute Gasteiger partial charge is 0.102 e. The van der Waals surface area contributed by atoms with Crippen molar-refractivity contribution in [3.8, 4) is 0 Å². The van der Waals surface area contributed by atoms with E-state index in [1.54, 1.807) is 5.57 Å². The molecular weight excluding hydrogens is 444 g/mol. The standard InChI is InChI=1S/C37H64/c1-15-36(28(5)6)35(13)22-21-32(10)31(9)18-17-29(7)23-25-37(14,16-2)26-24-34(12)33(11)20-19-30(8)27(3)4/h15-16,23,25,28-31,34-35H,2-3,10-11,17-22,24,26H2,1,4-9,12-14H3. The van der Waals surface area contributed by atoms with E-state index in [4.69, 9.17) is 0 Å². The zero-order valence-electron chi connectivity index (χ0n) is 26.8. The minimum atomic E-state index is 0.0417. The van der Waals surface area contributed by atoms with Crippen LogP contribution in [0.5, 0.6) is 0 Å². The molecule has 0 nitrogen and oxygen atoms in total. The van der Waals surface area contributed by atoms with Crippen molar-refractivity contribution < 1.29 is 0 Å². The Labute approximate surface area is 234 Å². The van der Waals surface area contributed by atoms with Gasteiger partial charge in [-0.25, -0.2) is 0 Å². The summed E-state index contributed by atoms with van der Waals surface area (Å²) in [6, 6.07) is 0. The molecule has 0 saturated heterocycles. The zero-order valence-corrected chi connectivity index (χ0v) is 26.8. The van der Waals surface area contributed by atoms with Gasteiger partial charge >= 0.3 is 0 Å². The van der Waals surface area contributed by atoms with Crippen LogP contribution in [0.1, 0.15) is 121 Å². The molecule has 0 aromatic rings. The fourth-order valence-corrected chi connectivity index (χ4v) is 5.08. The minimum absolute atomic E-state index is 0.0417. The fraction of sp³-hybridized carbons (Fsp3) is 0.676. The summed E-state index contributed by atoms with van der Waals surface area (Å²) in [6.07, 6.45) is 18.6. The Balaban J connectivity index is 4.64. The molecule has 0 radical (unpaired) electrons. The Hall–Kier alpha value is -1.56. The molecule has 6 unspecified atom stereocenters. The molecule has 0 amide bonds. The van der Waals surface area contributed by atoms with Gasteiger partial charge in [-0.1, -0.05) is 122 Å². The maximum atomic E-state index is 4.46. The highest BCUT2D eigenvalue weighted by atomic mass is 14.2. The average Bonchev–Trinajstić information content (AvgIpc) is 2.85. The monoisotopic (exact) mass is 509 g/mol. The number of rotatable bonds is 20. The summed E-state index contributed by atoms with van der Waals surface area (Å²) in [4.78, 5) is 0. The summed E-state index contributed by atoms with van der Waals surface area (Å²) >= 11 is 0. The van der Waals surface area contributed by atoms with Crippen molar-refractivity contribution in [1.29, 1.82) is 0 Å². The van der Waals surface area contributed by atoms with Crippen LogP contribution in [0.25, 0.3) is 0 Å². The summed E-state index contributed by atoms with van der Waals surface area (Å²) in [7, 11) is 0. The first-order valence-corrected chi connectivity index (χ1v) is 15.2. The lowest BCUT2D eigenvalue weighted by Crippen LogP contribution is -2.13. The predicted octanol–water partition coefficient (Wildman–Crippen LogP) is 12.3. The van der Waals surface area contributed by atoms with Crippen LogP contribution in [0.15, 0.2) is 72.9 Å². The summed E-state index contributed by atoms with van der Waals surface area (Å²) in [5.74, 6) is 3.55. The van der Waals surface area contributed by atoms with Gasteiger partial charge in [-0.2, -0.15) is 0 Å². The van der Waals surface area contributed by atoms with Gasteiger partial charge in [0.05, 0.1) is 0 Å². The smallest absolute Gasteiger partial charge is 0.00303 e. The van der Waals surface area contributed by atoms with E-state index < -0.39 is 0 Å². The third-order valence-corrected chi connectivity index (χ3v) is 9.04. The van der Waals surface area contributed by atoms with E-state index in [9.17, 15) is 0 Å². The minimum Gasteiger partial charge on any atom is -0.102 e. The Kier molecular flexibility index (Phi) is 17.1. The van der Waals surface area contributed by atoms with E-state index in [1.165, 1.54) is 36.0 Å². The van der Waals surface area contributed by atoms with Crippen molar-refractivity contribution in [2.75, 3.05) is 0 Å². The van der Waals surface area contributed by atoms with Gasteiger partial charge in [0.1, 0.15) is 0 Å². The molecule has 0 spiro atoms. The van der Waals surface area contributed by atoms with Crippen molar-refractivity contribution in [1.82, 2.24) is 0 Å². The molecule has 0 bridgehead atoms. The Morgan fingerprint density at radius 2 is 1.24 bits per heavy atom. The Bertz CT molecular complexity index is 772. The van der Waals surface area contributed by atoms with Crippen molar-refractivity contribution >= 4 is 0 Å². The molecule has 0 aromatic carbocycles. The molecule has 0 heteroatoms. The van der Waals surface area contributed by atoms with Crippen LogP contribution in [0.2, 0.25) is 0 Å². The summed E-state index contributed by atoms with van der Waals surface area (Å²) in [5, 5.41) is 0. The fourth-order valence-electron chi connectivity index (χ4n) is 5.08. The lowest BCUT2D eigenvalue weighted by atomic mass is 9.79. The van der Waals surface area contributed by atoms with Crippen LogP contribution in [-0.2, 0) is 0 Å². The lowest BCUT2D eigenvalue weighted by molar-refractivity contribution is 0.423. The topological polar surface area (TPSA) is 0 Å². The quantitative estimate of drug-likeness (QED) is 0.143. The Morgan fingerprint density at radius 1 is 0.730 bits per heavy atom. The van der Waals surface area contributed by atoms with E-state index in [-0.39, 0.29) is 5.41 Å². The van der Waals surface area contributed by atoms with Gasteiger partial charge in [-0.05, 0) is 101 Å². The molecule has 0 aliphatic rings. The average molecular weight is 509 g/mol. The van der Waals surface area contributed by atoms with Gasteiger partial charge in [0.2, 0.25) is 0 Å². The predicted molar refractivity (Wildman–Crippen MR) is 172 cm³/mol. The second-order valence-corrected chi connectivity index (χ2v) is 13.0. The van der Waals surface area contributed by atoms with E-state index in [0.717, 1.165) is 32.1 Å². The molecule has 0 heterocycles. The third kappa shape index (κ3) is 14.2. The normalized spacial score (nSPS) is 18.2. The van der Waals surface area contributed by atoms with Crippen LogP contribution >= 0.6 is 0 Å². The molecule has 0 aromatic heterocycles. The van der Waals surface area contributed by atoms with Crippen molar-refractivity contribution in [3.63, 3.8) is 0 Å². The maximum Gasteiger partial charge on any atom is 0.00303 e. The summed E-state index contributed by atoms with van der Waals surface area (Å²) in [6.45, 7) is 40.1. The first kappa shape index (κ1) is 35.4. The molecule has 6 atom stereocenters. The summed E-state index contributed by atoms with van der Waals surface area (Å²) in [5.41, 5.74) is 5.70. The second kappa shape index (κ2) is 17.9. The molecule has 0 aliphatic heterocycles. The number of hydrogen-bond donors (Lipinski definition) is 0. The van der Waals surface area contributed by atoms with Crippen LogP contribution < -0.4 is 0 Å². The van der Waals surface area contributed by atoms with Gasteiger partial charge in [-0.15, -0.1) is 6.58 Å². The maximum absolute atomic E-state index is 4.46. The second-order valence-electron chi connectivity index (χ2n) is 13.0. The summed E-state index contributed by atoms with van der Waals surface area (Å²) < 4.78 is 0. The molecule has 0 saturated carbocycles. The SMILES string of the molecule is C=CC(C)(C=CC(C)CCC(C)C(=C)CCC(C)C(=CC)C(C)C)CCC(C)C(=C)CCC(C)C(=C)C. The van der Waals surface area contributed by atoms with Gasteiger partial charge in [-0.3, -0.25) is 0 Å². The molecule has 0 rings (SSSR count). The highest BCUT2D eigenvalue weighted by Crippen LogP contribution is 2.33. The molecule has 0 aliphatic carbocycles.